The van der Waals surface area contributed by atoms with Crippen molar-refractivity contribution in [1.29, 1.82) is 0 Å². The zero-order valence-corrected chi connectivity index (χ0v) is 26.6. The first kappa shape index (κ1) is 30.1. The third kappa shape index (κ3) is 5.45. The van der Waals surface area contributed by atoms with Crippen molar-refractivity contribution < 1.29 is 24.2 Å². The number of carboxylic acid groups (broad SMARTS) is 1. The second-order valence-electron chi connectivity index (χ2n) is 12.7. The molecular formula is C36H36N4O5S. The topological polar surface area (TPSA) is 144 Å². The average Bonchev–Trinajstić information content (AvgIpc) is 3.78. The molecule has 9 nitrogen and oxygen atoms in total. The van der Waals surface area contributed by atoms with Crippen LogP contribution in [-0.4, -0.2) is 40.5 Å². The van der Waals surface area contributed by atoms with Crippen LogP contribution in [0, 0.1) is 25.7 Å². The van der Waals surface area contributed by atoms with Crippen molar-refractivity contribution in [2.75, 3.05) is 11.9 Å². The van der Waals surface area contributed by atoms with Gasteiger partial charge in [-0.1, -0.05) is 18.6 Å². The van der Waals surface area contributed by atoms with E-state index in [2.05, 4.69) is 21.7 Å². The monoisotopic (exact) mass is 636 g/mol. The zero-order valence-electron chi connectivity index (χ0n) is 25.8. The smallest absolute Gasteiger partial charge is 0.355 e. The van der Waals surface area contributed by atoms with Crippen molar-refractivity contribution in [2.24, 2.45) is 17.6 Å². The summed E-state index contributed by atoms with van der Waals surface area (Å²) < 4.78 is 6.16. The summed E-state index contributed by atoms with van der Waals surface area (Å²) in [7, 11) is 0. The van der Waals surface area contributed by atoms with E-state index >= 15 is 0 Å². The van der Waals surface area contributed by atoms with Gasteiger partial charge >= 0.3 is 5.97 Å². The number of nitrogens with zero attached hydrogens (tertiary/aromatic N) is 1. The normalized spacial score (nSPS) is 19.5. The highest BCUT2D eigenvalue weighted by Crippen LogP contribution is 2.45. The minimum absolute atomic E-state index is 0.0374. The van der Waals surface area contributed by atoms with Gasteiger partial charge in [-0.05, 0) is 103 Å². The first-order chi connectivity index (χ1) is 22.2. The summed E-state index contributed by atoms with van der Waals surface area (Å²) >= 11 is 1.57. The van der Waals surface area contributed by atoms with Gasteiger partial charge in [-0.3, -0.25) is 9.59 Å². The van der Waals surface area contributed by atoms with Crippen molar-refractivity contribution in [3.63, 3.8) is 0 Å². The molecule has 2 amide bonds. The summed E-state index contributed by atoms with van der Waals surface area (Å²) in [5.41, 5.74) is 11.7. The van der Waals surface area contributed by atoms with Gasteiger partial charge in [-0.15, -0.1) is 11.3 Å². The van der Waals surface area contributed by atoms with E-state index in [9.17, 15) is 19.5 Å². The number of anilines is 1. The maximum absolute atomic E-state index is 14.2. The fraction of sp³-hybridized carbons (Fsp3) is 0.333. The molecule has 10 heteroatoms. The quantitative estimate of drug-likeness (QED) is 0.185. The Morgan fingerprint density at radius 1 is 1.00 bits per heavy atom. The third-order valence-corrected chi connectivity index (χ3v) is 10.7. The molecule has 1 aliphatic heterocycles. The molecule has 2 aliphatic carbocycles. The molecular weight excluding hydrogens is 600 g/mol. The van der Waals surface area contributed by atoms with Crippen LogP contribution in [0.4, 0.5) is 5.69 Å². The van der Waals surface area contributed by atoms with Crippen LogP contribution >= 0.6 is 11.3 Å². The number of carbonyl (C=O) groups excluding carboxylic acids is 2. The lowest BCUT2D eigenvalue weighted by molar-refractivity contribution is 0.0691. The van der Waals surface area contributed by atoms with Crippen molar-refractivity contribution in [2.45, 2.75) is 58.5 Å². The largest absolute Gasteiger partial charge is 0.493 e. The lowest BCUT2D eigenvalue weighted by atomic mass is 9.93. The summed E-state index contributed by atoms with van der Waals surface area (Å²) in [5, 5.41) is 18.5. The van der Waals surface area contributed by atoms with Gasteiger partial charge in [0.15, 0.2) is 5.69 Å². The lowest BCUT2D eigenvalue weighted by Crippen LogP contribution is -2.39. The van der Waals surface area contributed by atoms with Crippen molar-refractivity contribution >= 4 is 34.8 Å². The molecule has 2 aromatic carbocycles. The van der Waals surface area contributed by atoms with E-state index in [4.69, 9.17) is 10.5 Å². The van der Waals surface area contributed by atoms with E-state index in [0.717, 1.165) is 52.0 Å². The second-order valence-corrected chi connectivity index (χ2v) is 13.6. The van der Waals surface area contributed by atoms with Crippen molar-refractivity contribution in [3.8, 4) is 27.3 Å². The number of amides is 2. The number of aromatic carboxylic acids is 1. The number of carbonyl (C=O) groups is 3. The van der Waals surface area contributed by atoms with E-state index < -0.39 is 11.9 Å². The molecule has 236 valence electrons. The minimum Gasteiger partial charge on any atom is -0.493 e. The Kier molecular flexibility index (Phi) is 7.86. The fourth-order valence-electron chi connectivity index (χ4n) is 7.51. The Morgan fingerprint density at radius 3 is 2.50 bits per heavy atom. The van der Waals surface area contributed by atoms with Gasteiger partial charge in [-0.25, -0.2) is 9.78 Å². The van der Waals surface area contributed by atoms with Crippen LogP contribution < -0.4 is 21.1 Å². The number of hydrogen-bond acceptors (Lipinski definition) is 7. The molecule has 4 aromatic rings. The van der Waals surface area contributed by atoms with Gasteiger partial charge in [0.2, 0.25) is 0 Å². The number of pyridine rings is 1. The number of aryl methyl sites for hydroxylation is 2. The molecule has 46 heavy (non-hydrogen) atoms. The zero-order chi connectivity index (χ0) is 32.1. The maximum atomic E-state index is 14.2. The number of fused-ring (bicyclic) bond motifs is 5. The number of carboxylic acids is 1. The number of benzene rings is 2. The number of hydrogen-bond donors (Lipinski definition) is 4. The Balaban J connectivity index is 1.31. The van der Waals surface area contributed by atoms with E-state index in [-0.39, 0.29) is 34.5 Å². The average molecular weight is 637 g/mol. The molecule has 2 aromatic heterocycles. The molecule has 2 saturated carbocycles. The Hall–Kier alpha value is -4.54. The highest BCUT2D eigenvalue weighted by atomic mass is 32.1. The van der Waals surface area contributed by atoms with E-state index in [1.165, 1.54) is 12.5 Å². The highest BCUT2D eigenvalue weighted by Gasteiger charge is 2.40. The first-order valence-electron chi connectivity index (χ1n) is 15.7. The van der Waals surface area contributed by atoms with Gasteiger partial charge in [0, 0.05) is 51.8 Å². The summed E-state index contributed by atoms with van der Waals surface area (Å²) in [6.07, 6.45) is 5.11. The van der Waals surface area contributed by atoms with Crippen LogP contribution in [0.15, 0.2) is 47.8 Å². The number of ether oxygens (including phenoxy) is 1. The second kappa shape index (κ2) is 12.0. The maximum Gasteiger partial charge on any atom is 0.355 e. The molecule has 0 spiro atoms. The molecule has 0 saturated heterocycles. The first-order valence-corrected chi connectivity index (χ1v) is 16.6. The number of rotatable bonds is 7. The van der Waals surface area contributed by atoms with Gasteiger partial charge in [0.25, 0.3) is 11.8 Å². The van der Waals surface area contributed by atoms with Gasteiger partial charge in [-0.2, -0.15) is 0 Å². The summed E-state index contributed by atoms with van der Waals surface area (Å²) in [6.45, 7) is 4.66. The number of nitrogens with one attached hydrogen (secondary N) is 2. The van der Waals surface area contributed by atoms with Crippen LogP contribution in [0.25, 0.3) is 21.6 Å². The number of nitrogens with two attached hydrogens (primary N) is 1. The molecule has 3 aliphatic rings. The van der Waals surface area contributed by atoms with Crippen LogP contribution in [0.1, 0.15) is 79.3 Å². The van der Waals surface area contributed by atoms with Crippen LogP contribution in [0.3, 0.4) is 0 Å². The predicted molar refractivity (Wildman–Crippen MR) is 178 cm³/mol. The highest BCUT2D eigenvalue weighted by molar-refractivity contribution is 7.13. The lowest BCUT2D eigenvalue weighted by Gasteiger charge is -2.23. The van der Waals surface area contributed by atoms with Crippen LogP contribution in [0.2, 0.25) is 0 Å². The molecule has 3 heterocycles. The third-order valence-electron chi connectivity index (χ3n) is 9.73. The van der Waals surface area contributed by atoms with Crippen molar-refractivity contribution in [3.05, 3.63) is 87.0 Å². The summed E-state index contributed by atoms with van der Waals surface area (Å²) in [6, 6.07) is 12.7. The summed E-state index contributed by atoms with van der Waals surface area (Å²) in [4.78, 5) is 45.5. The van der Waals surface area contributed by atoms with Gasteiger partial charge in [0.05, 0.1) is 6.61 Å². The molecule has 5 N–H and O–H groups in total. The minimum atomic E-state index is -1.30. The fourth-order valence-corrected chi connectivity index (χ4v) is 8.48. The van der Waals surface area contributed by atoms with Gasteiger partial charge < -0.3 is 26.2 Å². The van der Waals surface area contributed by atoms with E-state index in [0.29, 0.717) is 48.4 Å². The van der Waals surface area contributed by atoms with Crippen LogP contribution in [0.5, 0.6) is 5.75 Å². The van der Waals surface area contributed by atoms with Crippen molar-refractivity contribution in [1.82, 2.24) is 10.3 Å². The predicted octanol–water partition coefficient (Wildman–Crippen LogP) is 6.36. The Bertz CT molecular complexity index is 1880. The molecule has 3 atom stereocenters. The SMILES string of the molecule is Cc1cc(CN)cc(C)c1NC(=O)c1cc2c(cc1-c1ccc(C(=O)NC3CC4CCC3C4)nc1C(=O)O)OCCc1ccsc1-2. The Labute approximate surface area is 271 Å². The van der Waals surface area contributed by atoms with E-state index in [1.807, 2.05) is 31.4 Å². The summed E-state index contributed by atoms with van der Waals surface area (Å²) in [5.74, 6) is -0.404. The van der Waals surface area contributed by atoms with Gasteiger partial charge in [0.1, 0.15) is 11.4 Å². The number of thiophene rings is 1. The van der Waals surface area contributed by atoms with E-state index in [1.54, 1.807) is 29.5 Å². The molecule has 2 bridgehead atoms. The van der Waals surface area contributed by atoms with Crippen LogP contribution in [-0.2, 0) is 13.0 Å². The molecule has 3 unspecified atom stereocenters. The molecule has 0 radical (unpaired) electrons. The number of aromatic nitrogens is 1. The Morgan fingerprint density at radius 2 is 1.80 bits per heavy atom. The standard InChI is InChI=1S/C36H36N4O5S/c1-18-11-21(17-37)12-19(2)31(18)40-34(41)26-15-27-30(45-9-7-22-8-10-46-33(22)27)16-25(26)24-5-6-28(38-32(24)36(43)44)35(42)39-29-14-20-3-4-23(29)13-20/h5-6,8,10-12,15-16,20,23,29H,3-4,7,9,13-14,17,37H2,1-2H3,(H,39,42)(H,40,41)(H,43,44). The molecule has 7 rings (SSSR count). The molecule has 2 fully saturated rings.